The third-order valence-electron chi connectivity index (χ3n) is 9.39. The number of carbonyl (C=O) groups is 2. The number of amides is 1. The monoisotopic (exact) mass is 629 g/mol. The van der Waals surface area contributed by atoms with Gasteiger partial charge in [0.1, 0.15) is 11.4 Å². The maximum Gasteiger partial charge on any atom is 0.410 e. The minimum atomic E-state index is -3.04. The van der Waals surface area contributed by atoms with E-state index in [0.29, 0.717) is 49.3 Å². The van der Waals surface area contributed by atoms with Crippen LogP contribution in [0.25, 0.3) is 0 Å². The Morgan fingerprint density at radius 2 is 1.56 bits per heavy atom. The van der Waals surface area contributed by atoms with Gasteiger partial charge in [-0.15, -0.1) is 0 Å². The lowest BCUT2D eigenvalue weighted by Crippen LogP contribution is -2.65. The van der Waals surface area contributed by atoms with Crippen LogP contribution in [0.3, 0.4) is 0 Å². The molecule has 5 rings (SSSR count). The maximum atomic E-state index is 12.8. The fourth-order valence-corrected chi connectivity index (χ4v) is 10.4. The van der Waals surface area contributed by atoms with Crippen LogP contribution in [0.5, 0.6) is 5.75 Å². The van der Waals surface area contributed by atoms with Crippen LogP contribution in [0.15, 0.2) is 72.8 Å². The van der Waals surface area contributed by atoms with Gasteiger partial charge in [-0.3, -0.25) is 0 Å². The van der Waals surface area contributed by atoms with Crippen molar-refractivity contribution in [2.75, 3.05) is 20.3 Å². The number of rotatable bonds is 10. The Hall–Kier alpha value is -3.62. The zero-order chi connectivity index (χ0) is 32.4. The maximum absolute atomic E-state index is 12.8. The van der Waals surface area contributed by atoms with E-state index in [2.05, 4.69) is 38.1 Å². The second-order valence-corrected chi connectivity index (χ2v) is 18.1. The van der Waals surface area contributed by atoms with E-state index in [9.17, 15) is 14.4 Å². The first-order valence-electron chi connectivity index (χ1n) is 16.0. The average Bonchev–Trinajstić information content (AvgIpc) is 3.79. The topological polar surface area (TPSA) is 85.3 Å². The molecule has 8 heteroatoms. The highest BCUT2D eigenvalue weighted by Crippen LogP contribution is 2.48. The summed E-state index contributed by atoms with van der Waals surface area (Å²) >= 11 is 0. The molecule has 3 aromatic carbocycles. The first-order chi connectivity index (χ1) is 21.3. The summed E-state index contributed by atoms with van der Waals surface area (Å²) in [5, 5.41) is 1.80. The Morgan fingerprint density at radius 1 is 0.933 bits per heavy atom. The molecule has 45 heavy (non-hydrogen) atoms. The van der Waals surface area contributed by atoms with Crippen molar-refractivity contribution < 1.29 is 28.6 Å². The number of methoxy groups -OCH3 is 1. The Morgan fingerprint density at radius 3 is 2.13 bits per heavy atom. The highest BCUT2D eigenvalue weighted by molar-refractivity contribution is 6.98. The van der Waals surface area contributed by atoms with Crippen LogP contribution in [0.4, 0.5) is 4.79 Å². The van der Waals surface area contributed by atoms with Gasteiger partial charge in [0.05, 0.1) is 19.3 Å². The quantitative estimate of drug-likeness (QED) is 0.216. The normalized spacial score (nSPS) is 18.2. The highest BCUT2D eigenvalue weighted by Gasteiger charge is 2.51. The molecule has 2 atom stereocenters. The number of fused-ring (bicyclic) bond motifs is 1. The molecule has 1 N–H and O–H groups in total. The Balaban J connectivity index is 1.25. The van der Waals surface area contributed by atoms with Crippen molar-refractivity contribution in [1.29, 1.82) is 0 Å². The Labute approximate surface area is 268 Å². The average molecular weight is 630 g/mol. The van der Waals surface area contributed by atoms with Crippen LogP contribution in [0, 0.1) is 11.8 Å². The molecule has 1 heterocycles. The second kappa shape index (κ2) is 13.0. The molecule has 0 spiro atoms. The third kappa shape index (κ3) is 7.28. The van der Waals surface area contributed by atoms with Crippen LogP contribution < -0.4 is 15.1 Å². The first kappa shape index (κ1) is 32.8. The largest absolute Gasteiger partial charge is 0.493 e. The lowest BCUT2D eigenvalue weighted by molar-refractivity contribution is 0.0223. The zero-order valence-corrected chi connectivity index (χ0v) is 28.5. The molecular weight excluding hydrogens is 582 g/mol. The van der Waals surface area contributed by atoms with Gasteiger partial charge in [0.25, 0.3) is 8.32 Å². The number of benzene rings is 3. The van der Waals surface area contributed by atoms with Gasteiger partial charge in [-0.25, -0.2) is 9.59 Å². The summed E-state index contributed by atoms with van der Waals surface area (Å²) in [6.45, 7) is 11.4. The van der Waals surface area contributed by atoms with Crippen LogP contribution in [0.2, 0.25) is 5.04 Å². The number of esters is 1. The van der Waals surface area contributed by atoms with Gasteiger partial charge < -0.3 is 23.9 Å². The van der Waals surface area contributed by atoms with Gasteiger partial charge in [-0.2, -0.15) is 0 Å². The van der Waals surface area contributed by atoms with Crippen LogP contribution in [-0.2, 0) is 22.4 Å². The van der Waals surface area contributed by atoms with Gasteiger partial charge in [0.15, 0.2) is 0 Å². The molecule has 240 valence electrons. The summed E-state index contributed by atoms with van der Waals surface area (Å²) in [6.07, 6.45) is 3.26. The molecule has 1 amide bonds. The molecule has 1 saturated carbocycles. The van der Waals surface area contributed by atoms with Crippen molar-refractivity contribution in [3.8, 4) is 5.75 Å². The molecule has 0 aromatic heterocycles. The number of nitrogens with zero attached hydrogens (tertiary/aromatic N) is 1. The van der Waals surface area contributed by atoms with E-state index in [1.807, 2.05) is 57.2 Å². The van der Waals surface area contributed by atoms with E-state index >= 15 is 0 Å². The molecule has 0 bridgehead atoms. The van der Waals surface area contributed by atoms with Crippen LogP contribution in [0.1, 0.15) is 75.4 Å². The fraction of sp³-hybridized carbons (Fsp3) is 0.459. The van der Waals surface area contributed by atoms with Crippen LogP contribution >= 0.6 is 0 Å². The summed E-state index contributed by atoms with van der Waals surface area (Å²) in [4.78, 5) is 39.4. The van der Waals surface area contributed by atoms with E-state index in [0.717, 1.165) is 40.8 Å². The smallest absolute Gasteiger partial charge is 0.410 e. The van der Waals surface area contributed by atoms with E-state index in [1.54, 1.807) is 17.0 Å². The number of hydrogen-bond donors (Lipinski definition) is 1. The number of ether oxygens (including phenoxy) is 3. The predicted molar refractivity (Wildman–Crippen MR) is 179 cm³/mol. The van der Waals surface area contributed by atoms with Crippen molar-refractivity contribution in [2.24, 2.45) is 11.8 Å². The molecule has 1 fully saturated rings. The minimum Gasteiger partial charge on any atom is -0.493 e. The highest BCUT2D eigenvalue weighted by atomic mass is 28.4. The third-order valence-corrected chi connectivity index (χ3v) is 13.9. The molecule has 3 aromatic rings. The lowest BCUT2D eigenvalue weighted by atomic mass is 9.96. The molecule has 0 radical (unpaired) electrons. The summed E-state index contributed by atoms with van der Waals surface area (Å²) in [7, 11) is -1.67. The number of hydrogen-bond acceptors (Lipinski definition) is 6. The SMILES string of the molecule is COC(=O)c1cc2c(c(OC[C@@H]3C[C@H]3CCC(C)(C)[Si](O)(c3ccccc3)c3ccccc3)c1)CCN(C(=O)OC(C)(C)C)C2. The molecule has 2 aliphatic rings. The van der Waals surface area contributed by atoms with Crippen LogP contribution in [-0.4, -0.2) is 55.9 Å². The molecular formula is C37H47NO6Si. The Bertz CT molecular complexity index is 1460. The van der Waals surface area contributed by atoms with Gasteiger partial charge in [0, 0.05) is 18.7 Å². The van der Waals surface area contributed by atoms with E-state index in [-0.39, 0.29) is 11.1 Å². The summed E-state index contributed by atoms with van der Waals surface area (Å²) in [5.41, 5.74) is 1.74. The van der Waals surface area contributed by atoms with Gasteiger partial charge in [-0.05, 0) is 91.4 Å². The standard InChI is InChI=1S/C37H47NO6Si/c1-36(2,3)44-35(40)38-20-18-32-28(24-38)22-27(34(39)42-6)23-33(32)43-25-29-21-26(29)17-19-37(4,5)45(41,30-13-9-7-10-14-30)31-15-11-8-12-16-31/h7-16,22-23,26,29,41H,17-21,24-25H2,1-6H3/t26-,29+/m1/s1. The summed E-state index contributed by atoms with van der Waals surface area (Å²) < 4.78 is 17.0. The van der Waals surface area contributed by atoms with Crippen molar-refractivity contribution in [1.82, 2.24) is 4.90 Å². The fourth-order valence-electron chi connectivity index (χ4n) is 6.60. The first-order valence-corrected chi connectivity index (χ1v) is 18.0. The summed E-state index contributed by atoms with van der Waals surface area (Å²) in [6, 6.07) is 23.9. The molecule has 0 saturated heterocycles. The van der Waals surface area contributed by atoms with Crippen molar-refractivity contribution in [3.63, 3.8) is 0 Å². The van der Waals surface area contributed by atoms with E-state index in [1.165, 1.54) is 7.11 Å². The molecule has 7 nitrogen and oxygen atoms in total. The molecule has 1 aliphatic carbocycles. The van der Waals surface area contributed by atoms with Crippen molar-refractivity contribution in [3.05, 3.63) is 89.5 Å². The second-order valence-electron chi connectivity index (χ2n) is 14.2. The Kier molecular flexibility index (Phi) is 9.47. The van der Waals surface area contributed by atoms with Gasteiger partial charge in [0.2, 0.25) is 0 Å². The minimum absolute atomic E-state index is 0.280. The zero-order valence-electron chi connectivity index (χ0n) is 27.5. The predicted octanol–water partition coefficient (Wildman–Crippen LogP) is 6.09. The molecule has 0 unspecified atom stereocenters. The summed E-state index contributed by atoms with van der Waals surface area (Å²) in [5.74, 6) is 1.20. The lowest BCUT2D eigenvalue weighted by Gasteiger charge is -2.41. The van der Waals surface area contributed by atoms with Gasteiger partial charge >= 0.3 is 12.1 Å². The van der Waals surface area contributed by atoms with Crippen molar-refractivity contribution in [2.45, 2.75) is 77.5 Å². The van der Waals surface area contributed by atoms with E-state index in [4.69, 9.17) is 14.2 Å². The van der Waals surface area contributed by atoms with Crippen molar-refractivity contribution >= 4 is 30.8 Å². The molecule has 1 aliphatic heterocycles. The van der Waals surface area contributed by atoms with E-state index < -0.39 is 19.9 Å². The van der Waals surface area contributed by atoms with Gasteiger partial charge in [-0.1, -0.05) is 74.5 Å². The number of carbonyl (C=O) groups excluding carboxylic acids is 2.